The molecule has 0 aliphatic heterocycles. The summed E-state index contributed by atoms with van der Waals surface area (Å²) >= 11 is 3.03. The van der Waals surface area contributed by atoms with Crippen molar-refractivity contribution in [1.29, 1.82) is 0 Å². The van der Waals surface area contributed by atoms with Crippen molar-refractivity contribution in [3.05, 3.63) is 29.6 Å². The Kier molecular flexibility index (Phi) is 4.07. The van der Waals surface area contributed by atoms with E-state index in [1.807, 2.05) is 0 Å². The molecule has 0 aromatic heterocycles. The third-order valence-electron chi connectivity index (χ3n) is 1.79. The van der Waals surface area contributed by atoms with E-state index in [1.165, 1.54) is 25.3 Å². The van der Waals surface area contributed by atoms with Crippen LogP contribution in [0.15, 0.2) is 18.2 Å². The van der Waals surface area contributed by atoms with Crippen LogP contribution in [0.25, 0.3) is 0 Å². The second-order valence-corrected chi connectivity index (χ2v) is 3.37. The van der Waals surface area contributed by atoms with Crippen molar-refractivity contribution < 1.29 is 13.9 Å². The van der Waals surface area contributed by atoms with Gasteiger partial charge in [-0.2, -0.15) is 0 Å². The fraction of sp³-hybridized carbons (Fsp3) is 0.300. The highest BCUT2D eigenvalue weighted by molar-refractivity contribution is 9.09. The molecule has 0 aliphatic rings. The maximum absolute atomic E-state index is 13.2. The lowest BCUT2D eigenvalue weighted by Crippen LogP contribution is -2.05. The summed E-state index contributed by atoms with van der Waals surface area (Å²) in [6.45, 7) is 0. The van der Waals surface area contributed by atoms with Crippen molar-refractivity contribution in [3.8, 4) is 5.75 Å². The first-order valence-electron chi connectivity index (χ1n) is 4.07. The van der Waals surface area contributed by atoms with Gasteiger partial charge in [-0.25, -0.2) is 4.39 Å². The molecule has 76 valence electrons. The van der Waals surface area contributed by atoms with Crippen LogP contribution in [0, 0.1) is 5.82 Å². The molecule has 1 aromatic carbocycles. The lowest BCUT2D eigenvalue weighted by atomic mass is 10.1. The molecule has 4 heteroatoms. The summed E-state index contributed by atoms with van der Waals surface area (Å²) in [5.74, 6) is 0.126. The number of rotatable bonds is 4. The summed E-state index contributed by atoms with van der Waals surface area (Å²) in [4.78, 5) is 11.1. The van der Waals surface area contributed by atoms with Crippen molar-refractivity contribution >= 4 is 21.7 Å². The molecule has 0 radical (unpaired) electrons. The number of ether oxygens (including phenoxy) is 1. The Morgan fingerprint density at radius 1 is 1.57 bits per heavy atom. The van der Waals surface area contributed by atoms with Gasteiger partial charge in [-0.15, -0.1) is 0 Å². The predicted octanol–water partition coefficient (Wildman–Crippen LogP) is 2.34. The lowest BCUT2D eigenvalue weighted by molar-refractivity contribution is -0.115. The van der Waals surface area contributed by atoms with Crippen LogP contribution >= 0.6 is 15.9 Å². The van der Waals surface area contributed by atoms with Gasteiger partial charge in [0.2, 0.25) is 0 Å². The number of halogens is 2. The van der Waals surface area contributed by atoms with Crippen molar-refractivity contribution in [3.63, 3.8) is 0 Å². The summed E-state index contributed by atoms with van der Waals surface area (Å²) in [6.07, 6.45) is 0.0916. The molecule has 0 saturated carbocycles. The molecule has 14 heavy (non-hydrogen) atoms. The average molecular weight is 261 g/mol. The molecule has 0 amide bonds. The lowest BCUT2D eigenvalue weighted by Gasteiger charge is -2.04. The molecule has 0 fully saturated rings. The van der Waals surface area contributed by atoms with Gasteiger partial charge in [0.15, 0.2) is 0 Å². The minimum absolute atomic E-state index is 0.0582. The highest BCUT2D eigenvalue weighted by atomic mass is 79.9. The van der Waals surface area contributed by atoms with Gasteiger partial charge in [-0.3, -0.25) is 4.79 Å². The smallest absolute Gasteiger partial charge is 0.147 e. The van der Waals surface area contributed by atoms with Gasteiger partial charge < -0.3 is 4.74 Å². The molecule has 1 rings (SSSR count). The molecule has 0 saturated heterocycles. The normalized spacial score (nSPS) is 9.93. The van der Waals surface area contributed by atoms with Crippen molar-refractivity contribution in [2.45, 2.75) is 6.42 Å². The van der Waals surface area contributed by atoms with Crippen LogP contribution in [-0.4, -0.2) is 18.2 Å². The number of methoxy groups -OCH3 is 1. The summed E-state index contributed by atoms with van der Waals surface area (Å²) in [5.41, 5.74) is 0.369. The Balaban J connectivity index is 2.89. The van der Waals surface area contributed by atoms with Crippen LogP contribution in [-0.2, 0) is 11.2 Å². The fourth-order valence-corrected chi connectivity index (χ4v) is 1.27. The van der Waals surface area contributed by atoms with Gasteiger partial charge in [0.05, 0.1) is 12.4 Å². The maximum atomic E-state index is 13.2. The van der Waals surface area contributed by atoms with Gasteiger partial charge in [0.25, 0.3) is 0 Å². The summed E-state index contributed by atoms with van der Waals surface area (Å²) < 4.78 is 18.1. The van der Waals surface area contributed by atoms with Crippen LogP contribution in [0.5, 0.6) is 5.75 Å². The van der Waals surface area contributed by atoms with Gasteiger partial charge in [0.1, 0.15) is 17.3 Å². The van der Waals surface area contributed by atoms with E-state index >= 15 is 0 Å². The third-order valence-corrected chi connectivity index (χ3v) is 2.41. The molecular weight excluding hydrogens is 251 g/mol. The Bertz CT molecular complexity index is 339. The minimum Gasteiger partial charge on any atom is -0.497 e. The average Bonchev–Trinajstić information content (AvgIpc) is 2.21. The topological polar surface area (TPSA) is 26.3 Å². The molecule has 0 heterocycles. The highest BCUT2D eigenvalue weighted by Crippen LogP contribution is 2.17. The van der Waals surface area contributed by atoms with Crippen LogP contribution < -0.4 is 4.74 Å². The number of carbonyl (C=O) groups is 1. The second-order valence-electron chi connectivity index (χ2n) is 2.81. The van der Waals surface area contributed by atoms with E-state index in [1.54, 1.807) is 0 Å². The molecule has 2 nitrogen and oxygen atoms in total. The van der Waals surface area contributed by atoms with Crippen LogP contribution in [0.4, 0.5) is 4.39 Å². The van der Waals surface area contributed by atoms with E-state index in [4.69, 9.17) is 4.74 Å². The molecule has 0 bridgehead atoms. The minimum atomic E-state index is -0.375. The monoisotopic (exact) mass is 260 g/mol. The van der Waals surface area contributed by atoms with E-state index in [9.17, 15) is 9.18 Å². The molecule has 0 N–H and O–H groups in total. The number of benzene rings is 1. The quantitative estimate of drug-likeness (QED) is 0.777. The molecule has 0 atom stereocenters. The first-order chi connectivity index (χ1) is 6.67. The van der Waals surface area contributed by atoms with Gasteiger partial charge >= 0.3 is 0 Å². The number of hydrogen-bond donors (Lipinski definition) is 0. The van der Waals surface area contributed by atoms with E-state index in [-0.39, 0.29) is 23.4 Å². The van der Waals surface area contributed by atoms with Gasteiger partial charge in [0, 0.05) is 6.42 Å². The van der Waals surface area contributed by atoms with Gasteiger partial charge in [-0.1, -0.05) is 15.9 Å². The predicted molar refractivity (Wildman–Crippen MR) is 55.5 cm³/mol. The molecular formula is C10H10BrFO2. The first kappa shape index (κ1) is 11.2. The fourth-order valence-electron chi connectivity index (χ4n) is 1.07. The number of carbonyl (C=O) groups excluding carboxylic acids is 1. The third kappa shape index (κ3) is 2.80. The molecule has 0 unspecified atom stereocenters. The zero-order valence-corrected chi connectivity index (χ0v) is 9.30. The van der Waals surface area contributed by atoms with Crippen molar-refractivity contribution in [2.75, 3.05) is 12.4 Å². The SMILES string of the molecule is COc1ccc(F)c(CC(=O)CBr)c1. The number of alkyl halides is 1. The number of ketones is 1. The second kappa shape index (κ2) is 5.10. The standard InChI is InChI=1S/C10H10BrFO2/c1-14-9-2-3-10(12)7(5-9)4-8(13)6-11/h2-3,5H,4,6H2,1H3. The van der Waals surface area contributed by atoms with Crippen molar-refractivity contribution in [1.82, 2.24) is 0 Å². The Hall–Kier alpha value is -0.900. The number of Topliss-reactive ketones (excluding diaryl/α,β-unsaturated/α-hetero) is 1. The zero-order valence-electron chi connectivity index (χ0n) is 7.72. The van der Waals surface area contributed by atoms with E-state index in [0.717, 1.165) is 0 Å². The molecule has 0 aliphatic carbocycles. The first-order valence-corrected chi connectivity index (χ1v) is 5.19. The summed E-state index contributed by atoms with van der Waals surface area (Å²) in [6, 6.07) is 4.36. The van der Waals surface area contributed by atoms with Crippen molar-refractivity contribution in [2.24, 2.45) is 0 Å². The zero-order chi connectivity index (χ0) is 10.6. The maximum Gasteiger partial charge on any atom is 0.147 e. The molecule has 1 aromatic rings. The summed E-state index contributed by atoms with van der Waals surface area (Å²) in [5, 5.41) is 0.240. The van der Waals surface area contributed by atoms with Gasteiger partial charge in [-0.05, 0) is 23.8 Å². The van der Waals surface area contributed by atoms with Crippen LogP contribution in [0.2, 0.25) is 0 Å². The highest BCUT2D eigenvalue weighted by Gasteiger charge is 2.08. The Labute approximate surface area is 90.2 Å². The Morgan fingerprint density at radius 2 is 2.29 bits per heavy atom. The van der Waals surface area contributed by atoms with E-state index < -0.39 is 0 Å². The van der Waals surface area contributed by atoms with Crippen LogP contribution in [0.1, 0.15) is 5.56 Å². The number of hydrogen-bond acceptors (Lipinski definition) is 2. The van der Waals surface area contributed by atoms with E-state index in [0.29, 0.717) is 11.3 Å². The molecule has 0 spiro atoms. The largest absolute Gasteiger partial charge is 0.497 e. The Morgan fingerprint density at radius 3 is 2.86 bits per heavy atom. The summed E-state index contributed by atoms with van der Waals surface area (Å²) in [7, 11) is 1.50. The van der Waals surface area contributed by atoms with Crippen LogP contribution in [0.3, 0.4) is 0 Å². The van der Waals surface area contributed by atoms with E-state index in [2.05, 4.69) is 15.9 Å².